The summed E-state index contributed by atoms with van der Waals surface area (Å²) in [5, 5.41) is 2.14. The molecule has 2 aromatic rings. The molecule has 0 saturated carbocycles. The van der Waals surface area contributed by atoms with Gasteiger partial charge in [-0.15, -0.1) is 0 Å². The van der Waals surface area contributed by atoms with Gasteiger partial charge in [0.05, 0.1) is 6.61 Å². The van der Waals surface area contributed by atoms with Crippen molar-refractivity contribution in [2.24, 2.45) is 0 Å². The summed E-state index contributed by atoms with van der Waals surface area (Å²) in [5.74, 6) is -1.17. The maximum Gasteiger partial charge on any atom is 1.00 e. The predicted octanol–water partition coefficient (Wildman–Crippen LogP) is -0.496. The number of amides is 2. The van der Waals surface area contributed by atoms with Gasteiger partial charge in [0.2, 0.25) is 0 Å². The first-order valence-electron chi connectivity index (χ1n) is 7.77. The van der Waals surface area contributed by atoms with Gasteiger partial charge in [-0.2, -0.15) is 8.42 Å². The van der Waals surface area contributed by atoms with Crippen LogP contribution in [0.5, 0.6) is 5.75 Å². The third kappa shape index (κ3) is 7.08. The zero-order chi connectivity index (χ0) is 20.0. The molecule has 0 spiro atoms. The maximum atomic E-state index is 12.0. The maximum absolute atomic E-state index is 12.0. The van der Waals surface area contributed by atoms with Crippen LogP contribution in [-0.2, 0) is 15.0 Å². The molecule has 12 heteroatoms. The van der Waals surface area contributed by atoms with E-state index in [0.717, 1.165) is 0 Å². The molecule has 144 valence electrons. The number of hydrogen-bond acceptors (Lipinski definition) is 8. The molecule has 2 rings (SSSR count). The molecule has 1 N–H and O–H groups in total. The average Bonchev–Trinajstić information content (AvgIpc) is 2.53. The normalized spacial score (nSPS) is 10.4. The zero-order valence-electron chi connectivity index (χ0n) is 15.8. The molecular formula is C16H17N4NaO6S. The number of anilines is 1. The molecule has 0 unspecified atom stereocenters. The van der Waals surface area contributed by atoms with Crippen molar-refractivity contribution in [3.8, 4) is 5.75 Å². The second kappa shape index (κ2) is 10.4. The van der Waals surface area contributed by atoms with Crippen LogP contribution < -0.4 is 39.1 Å². The van der Waals surface area contributed by atoms with Crippen molar-refractivity contribution in [1.82, 2.24) is 9.97 Å². The van der Waals surface area contributed by atoms with Gasteiger partial charge in [0.25, 0.3) is 0 Å². The number of aryl methyl sites for hydroxylation is 2. The minimum atomic E-state index is -4.70. The summed E-state index contributed by atoms with van der Waals surface area (Å²) in [5.41, 5.74) is 1.05. The molecule has 0 aliphatic heterocycles. The van der Waals surface area contributed by atoms with Crippen LogP contribution in [0.2, 0.25) is 0 Å². The molecule has 0 radical (unpaired) electrons. The first kappa shape index (κ1) is 23.8. The van der Waals surface area contributed by atoms with E-state index >= 15 is 0 Å². The van der Waals surface area contributed by atoms with E-state index in [4.69, 9.17) is 8.92 Å². The van der Waals surface area contributed by atoms with Crippen molar-refractivity contribution >= 4 is 28.3 Å². The van der Waals surface area contributed by atoms with Gasteiger partial charge < -0.3 is 14.2 Å². The third-order valence-corrected chi connectivity index (χ3v) is 3.75. The molecular weight excluding hydrogens is 399 g/mol. The Morgan fingerprint density at radius 3 is 2.36 bits per heavy atom. The van der Waals surface area contributed by atoms with Crippen LogP contribution in [0.25, 0.3) is 4.72 Å². The summed E-state index contributed by atoms with van der Waals surface area (Å²) in [6.45, 7) is 5.08. The smallest absolute Gasteiger partial charge is 0.462 e. The van der Waals surface area contributed by atoms with Gasteiger partial charge in [0.15, 0.2) is 11.8 Å². The molecule has 10 nitrogen and oxygen atoms in total. The number of carbonyl (C=O) groups is 2. The zero-order valence-corrected chi connectivity index (χ0v) is 18.6. The van der Waals surface area contributed by atoms with E-state index < -0.39 is 22.3 Å². The molecule has 0 fully saturated rings. The first-order valence-corrected chi connectivity index (χ1v) is 9.13. The SMILES string of the molecule is CCOC(=O)c1ccccc1OS(=O)(=O)[N-]C(=O)Nc1nc(C)cc(C)n1.[Na+]. The summed E-state index contributed by atoms with van der Waals surface area (Å²) in [6, 6.07) is 5.97. The standard InChI is InChI=1S/C16H18N4O6S.Na/c1-4-25-14(21)12-7-5-6-8-13(12)26-27(23,24)20-16(22)19-15-17-10(2)9-11(3)18-15;/h5-9H,4H2,1-3H3,(H2,17,18,19,20,22);/q;+1/p-1. The Balaban J connectivity index is 0.00000392. The summed E-state index contributed by atoms with van der Waals surface area (Å²) >= 11 is 0. The molecule has 0 aliphatic rings. The Labute approximate surface area is 184 Å². The number of urea groups is 1. The van der Waals surface area contributed by atoms with E-state index in [-0.39, 0.29) is 53.4 Å². The number of esters is 1. The monoisotopic (exact) mass is 416 g/mol. The molecule has 1 aromatic carbocycles. The fourth-order valence-electron chi connectivity index (χ4n) is 2.05. The van der Waals surface area contributed by atoms with Gasteiger partial charge >= 0.3 is 45.8 Å². The third-order valence-electron chi connectivity index (χ3n) is 2.97. The van der Waals surface area contributed by atoms with Crippen molar-refractivity contribution in [2.75, 3.05) is 11.9 Å². The Bertz CT molecular complexity index is 947. The van der Waals surface area contributed by atoms with Crippen LogP contribution in [0.1, 0.15) is 28.7 Å². The number of nitrogens with one attached hydrogen (secondary N) is 1. The van der Waals surface area contributed by atoms with Gasteiger partial charge in [0.1, 0.15) is 11.5 Å². The Morgan fingerprint density at radius 2 is 1.75 bits per heavy atom. The minimum Gasteiger partial charge on any atom is -0.462 e. The van der Waals surface area contributed by atoms with E-state index in [0.29, 0.717) is 11.4 Å². The number of hydrogen-bond donors (Lipinski definition) is 1. The largest absolute Gasteiger partial charge is 1.00 e. The molecule has 28 heavy (non-hydrogen) atoms. The number of para-hydroxylation sites is 1. The quantitative estimate of drug-likeness (QED) is 0.491. The average molecular weight is 416 g/mol. The van der Waals surface area contributed by atoms with Crippen LogP contribution in [0, 0.1) is 13.8 Å². The van der Waals surface area contributed by atoms with E-state index in [1.54, 1.807) is 26.8 Å². The topological polar surface area (TPSA) is 139 Å². The molecule has 1 aromatic heterocycles. The van der Waals surface area contributed by atoms with Crippen LogP contribution in [0.3, 0.4) is 0 Å². The van der Waals surface area contributed by atoms with Crippen LogP contribution >= 0.6 is 0 Å². The molecule has 0 saturated heterocycles. The molecule has 0 aliphatic carbocycles. The summed E-state index contributed by atoms with van der Waals surface area (Å²) < 4.78 is 36.6. The van der Waals surface area contributed by atoms with Crippen molar-refractivity contribution in [3.63, 3.8) is 0 Å². The number of ether oxygens (including phenoxy) is 1. The first-order chi connectivity index (χ1) is 12.7. The second-order valence-electron chi connectivity index (χ2n) is 5.22. The van der Waals surface area contributed by atoms with Crippen molar-refractivity contribution in [2.45, 2.75) is 20.8 Å². The molecule has 0 atom stereocenters. The molecule has 2 amide bonds. The number of aromatic nitrogens is 2. The number of rotatable bonds is 6. The van der Waals surface area contributed by atoms with Gasteiger partial charge in [-0.1, -0.05) is 12.1 Å². The Hall–Kier alpha value is -2.21. The summed E-state index contributed by atoms with van der Waals surface area (Å²) in [7, 11) is -4.70. The number of carbonyl (C=O) groups excluding carboxylic acids is 2. The van der Waals surface area contributed by atoms with Gasteiger partial charge in [-0.25, -0.2) is 14.8 Å². The summed E-state index contributed by atoms with van der Waals surface area (Å²) in [4.78, 5) is 31.6. The van der Waals surface area contributed by atoms with E-state index in [2.05, 4.69) is 20.0 Å². The van der Waals surface area contributed by atoms with Crippen LogP contribution in [0.15, 0.2) is 30.3 Å². The molecule has 1 heterocycles. The number of nitrogens with zero attached hydrogens (tertiary/aromatic N) is 3. The second-order valence-corrected chi connectivity index (χ2v) is 6.43. The fraction of sp³-hybridized carbons (Fsp3) is 0.250. The fourth-order valence-corrected chi connectivity index (χ4v) is 2.71. The van der Waals surface area contributed by atoms with Gasteiger partial charge in [-0.05, 0) is 39.0 Å². The van der Waals surface area contributed by atoms with Crippen LogP contribution in [-0.4, -0.2) is 37.0 Å². The van der Waals surface area contributed by atoms with Crippen molar-refractivity contribution in [3.05, 3.63) is 52.0 Å². The van der Waals surface area contributed by atoms with E-state index in [1.807, 2.05) is 0 Å². The summed E-state index contributed by atoms with van der Waals surface area (Å²) in [6.07, 6.45) is 0. The van der Waals surface area contributed by atoms with Gasteiger partial charge in [0, 0.05) is 11.4 Å². The van der Waals surface area contributed by atoms with E-state index in [9.17, 15) is 18.0 Å². The number of benzene rings is 1. The Morgan fingerprint density at radius 1 is 1.14 bits per heavy atom. The van der Waals surface area contributed by atoms with E-state index in [1.165, 1.54) is 24.3 Å². The molecule has 0 bridgehead atoms. The van der Waals surface area contributed by atoms with Gasteiger partial charge in [-0.3, -0.25) is 9.52 Å². The van der Waals surface area contributed by atoms with Crippen molar-refractivity contribution < 1.29 is 56.5 Å². The van der Waals surface area contributed by atoms with Crippen LogP contribution in [0.4, 0.5) is 10.7 Å². The Kier molecular flexibility index (Phi) is 8.82. The van der Waals surface area contributed by atoms with Crippen molar-refractivity contribution in [1.29, 1.82) is 0 Å². The minimum absolute atomic E-state index is 0. The predicted molar refractivity (Wildman–Crippen MR) is 95.8 cm³/mol.